The molecule has 1 saturated carbocycles. The summed E-state index contributed by atoms with van der Waals surface area (Å²) < 4.78 is 5.63. The van der Waals surface area contributed by atoms with Gasteiger partial charge >= 0.3 is 0 Å². The van der Waals surface area contributed by atoms with Gasteiger partial charge < -0.3 is 9.84 Å². The second-order valence-electron chi connectivity index (χ2n) is 7.05. The van der Waals surface area contributed by atoms with Gasteiger partial charge in [0, 0.05) is 11.8 Å². The van der Waals surface area contributed by atoms with E-state index in [2.05, 4.69) is 34.7 Å². The lowest BCUT2D eigenvalue weighted by Gasteiger charge is -2.21. The SMILES string of the molecule is c1ccc2c(c1)CCC(c1noc(C3[C@H]4CCNC[C@@H]34)n1)C2. The first kappa shape index (κ1) is 12.8. The fourth-order valence-electron chi connectivity index (χ4n) is 4.49. The van der Waals surface area contributed by atoms with E-state index in [1.807, 2.05) is 0 Å². The molecule has 2 aromatic rings. The van der Waals surface area contributed by atoms with Gasteiger partial charge in [0.25, 0.3) is 0 Å². The summed E-state index contributed by atoms with van der Waals surface area (Å²) in [5.41, 5.74) is 2.94. The van der Waals surface area contributed by atoms with Crippen LogP contribution >= 0.6 is 0 Å². The van der Waals surface area contributed by atoms with Gasteiger partial charge in [-0.15, -0.1) is 0 Å². The number of rotatable bonds is 2. The minimum Gasteiger partial charge on any atom is -0.339 e. The second kappa shape index (κ2) is 4.92. The van der Waals surface area contributed by atoms with Crippen LogP contribution in [0.3, 0.4) is 0 Å². The molecule has 0 spiro atoms. The molecule has 1 saturated heterocycles. The maximum Gasteiger partial charge on any atom is 0.230 e. The maximum atomic E-state index is 5.63. The second-order valence-corrected chi connectivity index (χ2v) is 7.05. The van der Waals surface area contributed by atoms with Crippen molar-refractivity contribution in [3.8, 4) is 0 Å². The number of hydrogen-bond acceptors (Lipinski definition) is 4. The lowest BCUT2D eigenvalue weighted by molar-refractivity contribution is 0.362. The molecule has 0 amide bonds. The van der Waals surface area contributed by atoms with Crippen LogP contribution in [0, 0.1) is 11.8 Å². The Morgan fingerprint density at radius 2 is 2.00 bits per heavy atom. The minimum atomic E-state index is 0.423. The Kier molecular flexibility index (Phi) is 2.87. The standard InChI is InChI=1S/C18H21N3O/c1-2-4-12-9-13(6-5-11(12)3-1)17-20-18(22-21-17)16-14-7-8-19-10-15(14)16/h1-4,13-16,19H,5-10H2/t13?,14-,15+,16?/m0/s1. The zero-order valence-electron chi connectivity index (χ0n) is 12.7. The molecule has 2 fully saturated rings. The van der Waals surface area contributed by atoms with Crippen molar-refractivity contribution in [3.63, 3.8) is 0 Å². The van der Waals surface area contributed by atoms with Crippen LogP contribution in [0.2, 0.25) is 0 Å². The van der Waals surface area contributed by atoms with Crippen LogP contribution in [0.25, 0.3) is 0 Å². The molecule has 2 aliphatic carbocycles. The molecule has 114 valence electrons. The van der Waals surface area contributed by atoms with E-state index in [-0.39, 0.29) is 0 Å². The topological polar surface area (TPSA) is 51.0 Å². The third-order valence-electron chi connectivity index (χ3n) is 5.82. The van der Waals surface area contributed by atoms with E-state index < -0.39 is 0 Å². The van der Waals surface area contributed by atoms with Crippen LogP contribution < -0.4 is 5.32 Å². The molecule has 1 aromatic heterocycles. The van der Waals surface area contributed by atoms with Crippen molar-refractivity contribution < 1.29 is 4.52 Å². The summed E-state index contributed by atoms with van der Waals surface area (Å²) in [6.45, 7) is 2.25. The highest BCUT2D eigenvalue weighted by molar-refractivity contribution is 5.31. The molecule has 5 rings (SSSR count). The highest BCUT2D eigenvalue weighted by atomic mass is 16.5. The molecule has 4 atom stereocenters. The Hall–Kier alpha value is -1.68. The fraction of sp³-hybridized carbons (Fsp3) is 0.556. The molecule has 3 aliphatic rings. The first-order valence-electron chi connectivity index (χ1n) is 8.51. The number of aromatic nitrogens is 2. The summed E-state index contributed by atoms with van der Waals surface area (Å²) in [5.74, 6) is 4.28. The lowest BCUT2D eigenvalue weighted by Crippen LogP contribution is -2.23. The number of aryl methyl sites for hydroxylation is 1. The summed E-state index contributed by atoms with van der Waals surface area (Å²) in [6, 6.07) is 8.75. The zero-order valence-corrected chi connectivity index (χ0v) is 12.7. The molecule has 1 aromatic carbocycles. The summed E-state index contributed by atoms with van der Waals surface area (Å²) >= 11 is 0. The van der Waals surface area contributed by atoms with Crippen LogP contribution in [0.1, 0.15) is 47.5 Å². The Morgan fingerprint density at radius 1 is 1.09 bits per heavy atom. The van der Waals surface area contributed by atoms with Gasteiger partial charge in [-0.3, -0.25) is 0 Å². The smallest absolute Gasteiger partial charge is 0.230 e. The summed E-state index contributed by atoms with van der Waals surface area (Å²) in [6.07, 6.45) is 4.57. The first-order valence-corrected chi connectivity index (χ1v) is 8.51. The van der Waals surface area contributed by atoms with Crippen molar-refractivity contribution >= 4 is 0 Å². The molecule has 2 unspecified atom stereocenters. The van der Waals surface area contributed by atoms with Gasteiger partial charge in [-0.05, 0) is 61.7 Å². The lowest BCUT2D eigenvalue weighted by atomic mass is 9.83. The molecular weight excluding hydrogens is 274 g/mol. The van der Waals surface area contributed by atoms with Crippen molar-refractivity contribution in [1.82, 2.24) is 15.5 Å². The molecule has 4 nitrogen and oxygen atoms in total. The molecule has 1 aliphatic heterocycles. The number of hydrogen-bond donors (Lipinski definition) is 1. The third kappa shape index (κ3) is 2.01. The van der Waals surface area contributed by atoms with Crippen molar-refractivity contribution in [2.45, 2.75) is 37.5 Å². The van der Waals surface area contributed by atoms with Crippen LogP contribution in [-0.4, -0.2) is 23.2 Å². The summed E-state index contributed by atoms with van der Waals surface area (Å²) in [7, 11) is 0. The van der Waals surface area contributed by atoms with Crippen LogP contribution in [0.5, 0.6) is 0 Å². The quantitative estimate of drug-likeness (QED) is 0.925. The molecular formula is C18H21N3O. The van der Waals surface area contributed by atoms with E-state index in [1.54, 1.807) is 0 Å². The van der Waals surface area contributed by atoms with Crippen molar-refractivity contribution in [2.75, 3.05) is 13.1 Å². The average Bonchev–Trinajstić information content (AvgIpc) is 3.11. The van der Waals surface area contributed by atoms with E-state index in [1.165, 1.54) is 17.5 Å². The Morgan fingerprint density at radius 3 is 2.86 bits per heavy atom. The van der Waals surface area contributed by atoms with Crippen molar-refractivity contribution in [3.05, 3.63) is 47.1 Å². The predicted molar refractivity (Wildman–Crippen MR) is 82.7 cm³/mol. The number of fused-ring (bicyclic) bond motifs is 2. The Labute approximate surface area is 130 Å². The molecule has 1 N–H and O–H groups in total. The zero-order chi connectivity index (χ0) is 14.5. The largest absolute Gasteiger partial charge is 0.339 e. The highest BCUT2D eigenvalue weighted by Crippen LogP contribution is 2.56. The van der Waals surface area contributed by atoms with Crippen molar-refractivity contribution in [1.29, 1.82) is 0 Å². The molecule has 0 radical (unpaired) electrons. The Balaban J connectivity index is 1.35. The van der Waals surface area contributed by atoms with Crippen molar-refractivity contribution in [2.24, 2.45) is 11.8 Å². The first-order chi connectivity index (χ1) is 10.9. The number of nitrogens with zero attached hydrogens (tertiary/aromatic N) is 2. The average molecular weight is 295 g/mol. The molecule has 2 heterocycles. The van der Waals surface area contributed by atoms with E-state index in [9.17, 15) is 0 Å². The van der Waals surface area contributed by atoms with Crippen LogP contribution in [0.15, 0.2) is 28.8 Å². The summed E-state index contributed by atoms with van der Waals surface area (Å²) in [5, 5.41) is 7.79. The number of nitrogens with one attached hydrogen (secondary N) is 1. The van der Waals surface area contributed by atoms with Gasteiger partial charge in [0.2, 0.25) is 5.89 Å². The van der Waals surface area contributed by atoms with E-state index in [4.69, 9.17) is 9.51 Å². The minimum absolute atomic E-state index is 0.423. The van der Waals surface area contributed by atoms with Gasteiger partial charge in [0.1, 0.15) is 0 Å². The highest BCUT2D eigenvalue weighted by Gasteiger charge is 2.54. The van der Waals surface area contributed by atoms with Gasteiger partial charge in [-0.1, -0.05) is 29.4 Å². The van der Waals surface area contributed by atoms with Gasteiger partial charge in [0.15, 0.2) is 5.82 Å². The Bertz CT molecular complexity index is 683. The molecule has 22 heavy (non-hydrogen) atoms. The normalized spacial score (nSPS) is 33.1. The number of benzene rings is 1. The van der Waals surface area contributed by atoms with E-state index in [0.29, 0.717) is 11.8 Å². The number of piperidine rings is 1. The monoisotopic (exact) mass is 295 g/mol. The van der Waals surface area contributed by atoms with E-state index >= 15 is 0 Å². The van der Waals surface area contributed by atoms with Crippen LogP contribution in [-0.2, 0) is 12.8 Å². The van der Waals surface area contributed by atoms with Gasteiger partial charge in [-0.25, -0.2) is 0 Å². The van der Waals surface area contributed by atoms with E-state index in [0.717, 1.165) is 55.9 Å². The molecule has 4 heteroatoms. The maximum absolute atomic E-state index is 5.63. The van der Waals surface area contributed by atoms with Gasteiger partial charge in [-0.2, -0.15) is 4.98 Å². The predicted octanol–water partition coefficient (Wildman–Crippen LogP) is 2.67. The van der Waals surface area contributed by atoms with Gasteiger partial charge in [0.05, 0.1) is 0 Å². The summed E-state index contributed by atoms with van der Waals surface area (Å²) in [4.78, 5) is 4.79. The fourth-order valence-corrected chi connectivity index (χ4v) is 4.49. The molecule has 0 bridgehead atoms. The third-order valence-corrected chi connectivity index (χ3v) is 5.82. The van der Waals surface area contributed by atoms with Crippen LogP contribution in [0.4, 0.5) is 0 Å².